The molecule has 4 rings (SSSR count). The summed E-state index contributed by atoms with van der Waals surface area (Å²) in [6.45, 7) is 0. The third-order valence-electron chi connectivity index (χ3n) is 4.52. The molecule has 2 aliphatic rings. The average Bonchev–Trinajstić information content (AvgIpc) is 2.52. The lowest BCUT2D eigenvalue weighted by atomic mass is 9.73. The number of aliphatic imine (C=N–C) groups is 1. The minimum Gasteiger partial charge on any atom is -0.497 e. The molecule has 21 heavy (non-hydrogen) atoms. The highest BCUT2D eigenvalue weighted by Crippen LogP contribution is 2.50. The standard InChI is InChI=1S/C18H17NO2/c1-20-15-5-2-4-13(10-15)14-6-7-17-16(11-14)18(8-3-9-18)21-12-19-17/h2,4-7,10-12H,3,8-9H2,1H3. The van der Waals surface area contributed by atoms with E-state index in [1.165, 1.54) is 17.5 Å². The largest absolute Gasteiger partial charge is 0.497 e. The highest BCUT2D eigenvalue weighted by molar-refractivity contribution is 5.73. The summed E-state index contributed by atoms with van der Waals surface area (Å²) in [5, 5.41) is 0. The van der Waals surface area contributed by atoms with Crippen LogP contribution in [-0.4, -0.2) is 13.5 Å². The van der Waals surface area contributed by atoms with Crippen LogP contribution in [0.4, 0.5) is 5.69 Å². The number of ether oxygens (including phenoxy) is 2. The molecule has 3 nitrogen and oxygen atoms in total. The van der Waals surface area contributed by atoms with E-state index >= 15 is 0 Å². The van der Waals surface area contributed by atoms with E-state index in [2.05, 4.69) is 35.3 Å². The number of benzene rings is 2. The van der Waals surface area contributed by atoms with Crippen molar-refractivity contribution >= 4 is 12.1 Å². The molecule has 2 aromatic carbocycles. The molecular weight excluding hydrogens is 262 g/mol. The van der Waals surface area contributed by atoms with Gasteiger partial charge in [0.25, 0.3) is 0 Å². The van der Waals surface area contributed by atoms with Gasteiger partial charge in [0.15, 0.2) is 6.40 Å². The van der Waals surface area contributed by atoms with Crippen molar-refractivity contribution in [3.63, 3.8) is 0 Å². The zero-order valence-corrected chi connectivity index (χ0v) is 12.0. The molecule has 0 aromatic heterocycles. The topological polar surface area (TPSA) is 30.8 Å². The summed E-state index contributed by atoms with van der Waals surface area (Å²) in [5.41, 5.74) is 4.45. The van der Waals surface area contributed by atoms with Gasteiger partial charge in [-0.05, 0) is 54.7 Å². The SMILES string of the molecule is COc1cccc(-c2ccc3c(c2)C2(CCC2)OC=N3)c1. The Morgan fingerprint density at radius 1 is 1.10 bits per heavy atom. The molecule has 0 unspecified atom stereocenters. The van der Waals surface area contributed by atoms with Crippen LogP contribution >= 0.6 is 0 Å². The second kappa shape index (κ2) is 4.62. The van der Waals surface area contributed by atoms with Gasteiger partial charge in [-0.2, -0.15) is 0 Å². The fourth-order valence-corrected chi connectivity index (χ4v) is 3.13. The van der Waals surface area contributed by atoms with Crippen LogP contribution in [0.1, 0.15) is 24.8 Å². The van der Waals surface area contributed by atoms with Crippen molar-refractivity contribution in [1.82, 2.24) is 0 Å². The van der Waals surface area contributed by atoms with E-state index in [4.69, 9.17) is 9.47 Å². The molecule has 3 heteroatoms. The summed E-state index contributed by atoms with van der Waals surface area (Å²) in [6.07, 6.45) is 4.98. The van der Waals surface area contributed by atoms with E-state index in [0.717, 1.165) is 29.8 Å². The second-order valence-electron chi connectivity index (χ2n) is 5.66. The smallest absolute Gasteiger partial charge is 0.175 e. The Morgan fingerprint density at radius 2 is 1.95 bits per heavy atom. The van der Waals surface area contributed by atoms with Gasteiger partial charge >= 0.3 is 0 Å². The Hall–Kier alpha value is -2.29. The Kier molecular flexibility index (Phi) is 2.74. The highest BCUT2D eigenvalue weighted by Gasteiger charge is 2.43. The van der Waals surface area contributed by atoms with Crippen LogP contribution in [0.15, 0.2) is 47.5 Å². The monoisotopic (exact) mass is 279 g/mol. The van der Waals surface area contributed by atoms with Crippen molar-refractivity contribution < 1.29 is 9.47 Å². The molecular formula is C18H17NO2. The van der Waals surface area contributed by atoms with Crippen molar-refractivity contribution in [1.29, 1.82) is 0 Å². The van der Waals surface area contributed by atoms with E-state index in [1.54, 1.807) is 13.5 Å². The second-order valence-corrected chi connectivity index (χ2v) is 5.66. The molecule has 2 aromatic rings. The summed E-state index contributed by atoms with van der Waals surface area (Å²) in [5.74, 6) is 0.873. The molecule has 1 spiro atoms. The maximum atomic E-state index is 5.85. The Labute approximate surface area is 124 Å². The maximum absolute atomic E-state index is 5.85. The Balaban J connectivity index is 1.81. The summed E-state index contributed by atoms with van der Waals surface area (Å²) in [4.78, 5) is 4.37. The number of hydrogen-bond donors (Lipinski definition) is 0. The van der Waals surface area contributed by atoms with Gasteiger partial charge in [-0.3, -0.25) is 0 Å². The quantitative estimate of drug-likeness (QED) is 0.814. The molecule has 0 radical (unpaired) electrons. The van der Waals surface area contributed by atoms with Crippen molar-refractivity contribution in [2.24, 2.45) is 4.99 Å². The van der Waals surface area contributed by atoms with Crippen molar-refractivity contribution in [3.05, 3.63) is 48.0 Å². The van der Waals surface area contributed by atoms with Crippen LogP contribution < -0.4 is 4.74 Å². The van der Waals surface area contributed by atoms with Crippen molar-refractivity contribution in [2.45, 2.75) is 24.9 Å². The lowest BCUT2D eigenvalue weighted by Gasteiger charge is -2.43. The van der Waals surface area contributed by atoms with Gasteiger partial charge in [0.2, 0.25) is 0 Å². The minimum absolute atomic E-state index is 0.133. The lowest BCUT2D eigenvalue weighted by Crippen LogP contribution is -2.38. The molecule has 1 heterocycles. The van der Waals surface area contributed by atoms with E-state index in [0.29, 0.717) is 0 Å². The van der Waals surface area contributed by atoms with Crippen LogP contribution in [0.5, 0.6) is 5.75 Å². The van der Waals surface area contributed by atoms with Gasteiger partial charge in [0.05, 0.1) is 12.8 Å². The van der Waals surface area contributed by atoms with Gasteiger partial charge in [-0.15, -0.1) is 0 Å². The first kappa shape index (κ1) is 12.5. The zero-order chi connectivity index (χ0) is 14.3. The normalized spacial score (nSPS) is 17.8. The summed E-state index contributed by atoms with van der Waals surface area (Å²) < 4.78 is 11.2. The number of hydrogen-bond acceptors (Lipinski definition) is 3. The van der Waals surface area contributed by atoms with E-state index in [1.807, 2.05) is 12.1 Å². The molecule has 1 saturated carbocycles. The molecule has 0 bridgehead atoms. The van der Waals surface area contributed by atoms with Gasteiger partial charge < -0.3 is 9.47 Å². The fourth-order valence-electron chi connectivity index (χ4n) is 3.13. The average molecular weight is 279 g/mol. The van der Waals surface area contributed by atoms with Crippen LogP contribution in [0.3, 0.4) is 0 Å². The zero-order valence-electron chi connectivity index (χ0n) is 12.0. The predicted molar refractivity (Wildman–Crippen MR) is 83.2 cm³/mol. The van der Waals surface area contributed by atoms with Crippen LogP contribution in [0.25, 0.3) is 11.1 Å². The molecule has 106 valence electrons. The molecule has 0 saturated heterocycles. The molecule has 1 aliphatic carbocycles. The van der Waals surface area contributed by atoms with Gasteiger partial charge in [-0.1, -0.05) is 18.2 Å². The maximum Gasteiger partial charge on any atom is 0.175 e. The third-order valence-corrected chi connectivity index (χ3v) is 4.52. The number of rotatable bonds is 2. The molecule has 1 fully saturated rings. The molecule has 0 amide bonds. The molecule has 1 aliphatic heterocycles. The highest BCUT2D eigenvalue weighted by atomic mass is 16.5. The third kappa shape index (κ3) is 1.92. The van der Waals surface area contributed by atoms with Crippen molar-refractivity contribution in [2.75, 3.05) is 7.11 Å². The first-order valence-electron chi connectivity index (χ1n) is 7.30. The van der Waals surface area contributed by atoms with Crippen LogP contribution in [0, 0.1) is 0 Å². The molecule has 0 atom stereocenters. The Bertz CT molecular complexity index is 717. The summed E-state index contributed by atoms with van der Waals surface area (Å²) >= 11 is 0. The molecule has 0 N–H and O–H groups in total. The van der Waals surface area contributed by atoms with E-state index < -0.39 is 0 Å². The number of fused-ring (bicyclic) bond motifs is 2. The minimum atomic E-state index is -0.133. The first-order chi connectivity index (χ1) is 10.3. The Morgan fingerprint density at radius 3 is 2.71 bits per heavy atom. The van der Waals surface area contributed by atoms with Gasteiger partial charge in [0.1, 0.15) is 11.4 Å². The van der Waals surface area contributed by atoms with Crippen molar-refractivity contribution in [3.8, 4) is 16.9 Å². The lowest BCUT2D eigenvalue weighted by molar-refractivity contribution is -0.0203. The van der Waals surface area contributed by atoms with E-state index in [9.17, 15) is 0 Å². The van der Waals surface area contributed by atoms with Gasteiger partial charge in [0, 0.05) is 5.56 Å². The van der Waals surface area contributed by atoms with Gasteiger partial charge in [-0.25, -0.2) is 4.99 Å². The number of methoxy groups -OCH3 is 1. The predicted octanol–water partition coefficient (Wildman–Crippen LogP) is 4.43. The summed E-state index contributed by atoms with van der Waals surface area (Å²) in [6, 6.07) is 14.6. The summed E-state index contributed by atoms with van der Waals surface area (Å²) in [7, 11) is 1.69. The first-order valence-corrected chi connectivity index (χ1v) is 7.30. The van der Waals surface area contributed by atoms with Crippen LogP contribution in [-0.2, 0) is 10.3 Å². The van der Waals surface area contributed by atoms with Crippen LogP contribution in [0.2, 0.25) is 0 Å². The number of nitrogens with zero attached hydrogens (tertiary/aromatic N) is 1. The fraction of sp³-hybridized carbons (Fsp3) is 0.278. The van der Waals surface area contributed by atoms with E-state index in [-0.39, 0.29) is 5.60 Å².